The Bertz CT molecular complexity index is 491. The number of hydrogen-bond acceptors (Lipinski definition) is 2. The zero-order valence-corrected chi connectivity index (χ0v) is 9.26. The number of hydrogen-bond donors (Lipinski definition) is 2. The van der Waals surface area contributed by atoms with E-state index >= 15 is 0 Å². The lowest BCUT2D eigenvalue weighted by atomic mass is 10.2. The van der Waals surface area contributed by atoms with Gasteiger partial charge >= 0.3 is 0 Å². The number of aliphatic hydroxyl groups is 1. The van der Waals surface area contributed by atoms with E-state index in [4.69, 9.17) is 5.11 Å². The van der Waals surface area contributed by atoms with E-state index in [0.29, 0.717) is 5.56 Å². The lowest BCUT2D eigenvalue weighted by Crippen LogP contribution is -2.11. The molecule has 0 saturated carbocycles. The molecule has 2 N–H and O–H groups in total. The summed E-state index contributed by atoms with van der Waals surface area (Å²) in [5.74, 6) is -0.137. The van der Waals surface area contributed by atoms with E-state index in [9.17, 15) is 4.79 Å². The number of nitrogens with one attached hydrogen (secondary N) is 1. The van der Waals surface area contributed by atoms with Gasteiger partial charge in [0.05, 0.1) is 6.61 Å². The minimum absolute atomic E-state index is 0.00686. The monoisotopic (exact) mass is 227 g/mol. The molecular formula is C14H13NO2. The molecule has 0 aliphatic rings. The van der Waals surface area contributed by atoms with Crippen molar-refractivity contribution in [3.05, 3.63) is 65.7 Å². The summed E-state index contributed by atoms with van der Waals surface area (Å²) in [6.07, 6.45) is 0. The maximum Gasteiger partial charge on any atom is 0.255 e. The summed E-state index contributed by atoms with van der Waals surface area (Å²) in [4.78, 5) is 11.8. The van der Waals surface area contributed by atoms with E-state index in [0.717, 1.165) is 11.3 Å². The van der Waals surface area contributed by atoms with Crippen LogP contribution in [0.3, 0.4) is 0 Å². The van der Waals surface area contributed by atoms with Crippen molar-refractivity contribution in [3.63, 3.8) is 0 Å². The van der Waals surface area contributed by atoms with Crippen molar-refractivity contribution < 1.29 is 9.90 Å². The molecule has 0 unspecified atom stereocenters. The van der Waals surface area contributed by atoms with Crippen LogP contribution >= 0.6 is 0 Å². The van der Waals surface area contributed by atoms with Crippen LogP contribution < -0.4 is 5.32 Å². The summed E-state index contributed by atoms with van der Waals surface area (Å²) < 4.78 is 0. The highest BCUT2D eigenvalue weighted by Crippen LogP contribution is 2.11. The molecule has 2 aromatic carbocycles. The molecule has 86 valence electrons. The standard InChI is InChI=1S/C14H13NO2/c16-10-11-6-8-13(9-7-11)15-14(17)12-4-2-1-3-5-12/h1-9,16H,10H2,(H,15,17). The van der Waals surface area contributed by atoms with E-state index in [1.54, 1.807) is 36.4 Å². The van der Waals surface area contributed by atoms with Gasteiger partial charge in [-0.15, -0.1) is 0 Å². The summed E-state index contributed by atoms with van der Waals surface area (Å²) in [7, 11) is 0. The first-order chi connectivity index (χ1) is 8.29. The summed E-state index contributed by atoms with van der Waals surface area (Å²) in [5.41, 5.74) is 2.16. The number of carbonyl (C=O) groups excluding carboxylic acids is 1. The molecule has 0 atom stereocenters. The van der Waals surface area contributed by atoms with E-state index < -0.39 is 0 Å². The Hall–Kier alpha value is -2.13. The number of aliphatic hydroxyl groups excluding tert-OH is 1. The second-order valence-corrected chi connectivity index (χ2v) is 3.68. The highest BCUT2D eigenvalue weighted by atomic mass is 16.3. The van der Waals surface area contributed by atoms with Crippen LogP contribution in [0.2, 0.25) is 0 Å². The molecule has 0 bridgehead atoms. The summed E-state index contributed by atoms with van der Waals surface area (Å²) in [5, 5.41) is 11.7. The van der Waals surface area contributed by atoms with Gasteiger partial charge in [0.2, 0.25) is 0 Å². The van der Waals surface area contributed by atoms with Gasteiger partial charge in [0.25, 0.3) is 5.91 Å². The van der Waals surface area contributed by atoms with Gasteiger partial charge in [-0.25, -0.2) is 0 Å². The zero-order valence-electron chi connectivity index (χ0n) is 9.26. The molecule has 17 heavy (non-hydrogen) atoms. The molecule has 3 nitrogen and oxygen atoms in total. The van der Waals surface area contributed by atoms with Gasteiger partial charge in [-0.3, -0.25) is 4.79 Å². The Morgan fingerprint density at radius 2 is 1.65 bits per heavy atom. The van der Waals surface area contributed by atoms with Crippen molar-refractivity contribution in [2.24, 2.45) is 0 Å². The van der Waals surface area contributed by atoms with Crippen molar-refractivity contribution in [3.8, 4) is 0 Å². The van der Waals surface area contributed by atoms with Gasteiger partial charge < -0.3 is 10.4 Å². The Labute approximate surface area is 99.7 Å². The van der Waals surface area contributed by atoms with Gasteiger partial charge in [-0.05, 0) is 29.8 Å². The normalized spacial score (nSPS) is 9.94. The van der Waals surface area contributed by atoms with Gasteiger partial charge in [-0.1, -0.05) is 30.3 Å². The van der Waals surface area contributed by atoms with E-state index in [1.807, 2.05) is 18.2 Å². The first kappa shape index (κ1) is 11.4. The predicted octanol–water partition coefficient (Wildman–Crippen LogP) is 2.43. The van der Waals surface area contributed by atoms with Crippen LogP contribution in [0.4, 0.5) is 5.69 Å². The lowest BCUT2D eigenvalue weighted by molar-refractivity contribution is 0.102. The molecule has 0 aliphatic carbocycles. The molecule has 1 amide bonds. The minimum atomic E-state index is -0.137. The molecular weight excluding hydrogens is 214 g/mol. The van der Waals surface area contributed by atoms with Crippen molar-refractivity contribution in [1.82, 2.24) is 0 Å². The predicted molar refractivity (Wildman–Crippen MR) is 66.8 cm³/mol. The average Bonchev–Trinajstić information content (AvgIpc) is 2.40. The topological polar surface area (TPSA) is 49.3 Å². The van der Waals surface area contributed by atoms with Crippen molar-refractivity contribution in [2.45, 2.75) is 6.61 Å². The Morgan fingerprint density at radius 3 is 2.24 bits per heavy atom. The highest BCUT2D eigenvalue weighted by molar-refractivity contribution is 6.04. The molecule has 0 spiro atoms. The molecule has 0 aromatic heterocycles. The molecule has 0 heterocycles. The van der Waals surface area contributed by atoms with E-state index in [1.165, 1.54) is 0 Å². The first-order valence-corrected chi connectivity index (χ1v) is 5.36. The molecule has 0 saturated heterocycles. The highest BCUT2D eigenvalue weighted by Gasteiger charge is 2.04. The molecule has 2 aromatic rings. The Balaban J connectivity index is 2.08. The third-order valence-electron chi connectivity index (χ3n) is 2.43. The molecule has 3 heteroatoms. The fourth-order valence-corrected chi connectivity index (χ4v) is 1.49. The molecule has 2 rings (SSSR count). The fourth-order valence-electron chi connectivity index (χ4n) is 1.49. The van der Waals surface area contributed by atoms with Crippen molar-refractivity contribution >= 4 is 11.6 Å². The minimum Gasteiger partial charge on any atom is -0.392 e. The number of rotatable bonds is 3. The van der Waals surface area contributed by atoms with Crippen LogP contribution in [0.25, 0.3) is 0 Å². The second kappa shape index (κ2) is 5.27. The summed E-state index contributed by atoms with van der Waals surface area (Å²) in [6.45, 7) is 0.00686. The summed E-state index contributed by atoms with van der Waals surface area (Å²) in [6, 6.07) is 16.1. The summed E-state index contributed by atoms with van der Waals surface area (Å²) >= 11 is 0. The largest absolute Gasteiger partial charge is 0.392 e. The van der Waals surface area contributed by atoms with Crippen molar-refractivity contribution in [1.29, 1.82) is 0 Å². The van der Waals surface area contributed by atoms with Gasteiger partial charge in [0.15, 0.2) is 0 Å². The third-order valence-corrected chi connectivity index (χ3v) is 2.43. The van der Waals surface area contributed by atoms with Gasteiger partial charge in [0, 0.05) is 11.3 Å². The fraction of sp³-hybridized carbons (Fsp3) is 0.0714. The Morgan fingerprint density at radius 1 is 1.00 bits per heavy atom. The maximum atomic E-state index is 11.8. The number of carbonyl (C=O) groups is 1. The molecule has 0 radical (unpaired) electrons. The SMILES string of the molecule is O=C(Nc1ccc(CO)cc1)c1ccccc1. The smallest absolute Gasteiger partial charge is 0.255 e. The lowest BCUT2D eigenvalue weighted by Gasteiger charge is -2.05. The van der Waals surface area contributed by atoms with Gasteiger partial charge in [0.1, 0.15) is 0 Å². The number of anilines is 1. The van der Waals surface area contributed by atoms with Crippen LogP contribution in [-0.2, 0) is 6.61 Å². The van der Waals surface area contributed by atoms with Crippen LogP contribution in [0.5, 0.6) is 0 Å². The third kappa shape index (κ3) is 2.92. The van der Waals surface area contributed by atoms with Crippen LogP contribution in [0.15, 0.2) is 54.6 Å². The maximum absolute atomic E-state index is 11.8. The van der Waals surface area contributed by atoms with Crippen LogP contribution in [0, 0.1) is 0 Å². The molecule has 0 fully saturated rings. The van der Waals surface area contributed by atoms with E-state index in [2.05, 4.69) is 5.32 Å². The second-order valence-electron chi connectivity index (χ2n) is 3.68. The average molecular weight is 227 g/mol. The Kier molecular flexibility index (Phi) is 3.52. The first-order valence-electron chi connectivity index (χ1n) is 5.36. The van der Waals surface area contributed by atoms with E-state index in [-0.39, 0.29) is 12.5 Å². The van der Waals surface area contributed by atoms with Crippen LogP contribution in [0.1, 0.15) is 15.9 Å². The van der Waals surface area contributed by atoms with Crippen molar-refractivity contribution in [2.75, 3.05) is 5.32 Å². The molecule has 0 aliphatic heterocycles. The number of benzene rings is 2. The van der Waals surface area contributed by atoms with Crippen LogP contribution in [-0.4, -0.2) is 11.0 Å². The zero-order chi connectivity index (χ0) is 12.1. The number of amides is 1. The van der Waals surface area contributed by atoms with Gasteiger partial charge in [-0.2, -0.15) is 0 Å². The quantitative estimate of drug-likeness (QED) is 0.846.